The van der Waals surface area contributed by atoms with Crippen LogP contribution in [0.3, 0.4) is 0 Å². The zero-order valence-electron chi connectivity index (χ0n) is 10.4. The van der Waals surface area contributed by atoms with Crippen LogP contribution in [0.5, 0.6) is 0 Å². The van der Waals surface area contributed by atoms with Gasteiger partial charge in [-0.05, 0) is 49.9 Å². The van der Waals surface area contributed by atoms with E-state index in [4.69, 9.17) is 0 Å². The van der Waals surface area contributed by atoms with Crippen molar-refractivity contribution in [1.82, 2.24) is 4.90 Å². The SMILES string of the molecule is OC1(Cc2ccccc2CN2CCCC2)CC1. The van der Waals surface area contributed by atoms with Gasteiger partial charge in [0, 0.05) is 13.0 Å². The molecule has 0 unspecified atom stereocenters. The van der Waals surface area contributed by atoms with Crippen LogP contribution in [0.25, 0.3) is 0 Å². The summed E-state index contributed by atoms with van der Waals surface area (Å²) in [6.45, 7) is 3.53. The van der Waals surface area contributed by atoms with Crippen LogP contribution in [-0.4, -0.2) is 28.7 Å². The summed E-state index contributed by atoms with van der Waals surface area (Å²) in [5.74, 6) is 0. The first-order valence-corrected chi connectivity index (χ1v) is 6.77. The third-order valence-electron chi connectivity index (χ3n) is 4.06. The first-order valence-electron chi connectivity index (χ1n) is 6.77. The highest BCUT2D eigenvalue weighted by molar-refractivity contribution is 5.29. The van der Waals surface area contributed by atoms with E-state index in [-0.39, 0.29) is 5.60 Å². The number of hydrogen-bond acceptors (Lipinski definition) is 2. The van der Waals surface area contributed by atoms with E-state index < -0.39 is 0 Å². The molecule has 2 aliphatic rings. The number of rotatable bonds is 4. The molecule has 2 fully saturated rings. The molecule has 17 heavy (non-hydrogen) atoms. The third-order valence-corrected chi connectivity index (χ3v) is 4.06. The van der Waals surface area contributed by atoms with Crippen molar-refractivity contribution in [1.29, 1.82) is 0 Å². The third kappa shape index (κ3) is 2.70. The van der Waals surface area contributed by atoms with E-state index in [1.54, 1.807) is 0 Å². The minimum atomic E-state index is -0.374. The minimum absolute atomic E-state index is 0.374. The van der Waals surface area contributed by atoms with Gasteiger partial charge in [-0.1, -0.05) is 24.3 Å². The Hall–Kier alpha value is -0.860. The molecule has 0 aromatic heterocycles. The van der Waals surface area contributed by atoms with E-state index >= 15 is 0 Å². The fraction of sp³-hybridized carbons (Fsp3) is 0.600. The second kappa shape index (κ2) is 4.43. The number of likely N-dealkylation sites (tertiary alicyclic amines) is 1. The van der Waals surface area contributed by atoms with Crippen molar-refractivity contribution in [3.63, 3.8) is 0 Å². The second-order valence-corrected chi connectivity index (χ2v) is 5.65. The molecule has 1 heterocycles. The van der Waals surface area contributed by atoms with Crippen LogP contribution < -0.4 is 0 Å². The smallest absolute Gasteiger partial charge is 0.0690 e. The molecule has 1 aliphatic heterocycles. The Labute approximate surface area is 103 Å². The normalized spacial score (nSPS) is 22.9. The van der Waals surface area contributed by atoms with Crippen LogP contribution in [-0.2, 0) is 13.0 Å². The molecule has 1 aromatic rings. The fourth-order valence-electron chi connectivity index (χ4n) is 2.74. The maximum atomic E-state index is 10.1. The Balaban J connectivity index is 1.73. The lowest BCUT2D eigenvalue weighted by Crippen LogP contribution is -2.20. The largest absolute Gasteiger partial charge is 0.390 e. The van der Waals surface area contributed by atoms with Gasteiger partial charge in [-0.15, -0.1) is 0 Å². The highest BCUT2D eigenvalue weighted by Gasteiger charge is 2.40. The molecule has 0 amide bonds. The molecular formula is C15H21NO. The lowest BCUT2D eigenvalue weighted by Gasteiger charge is -2.18. The monoisotopic (exact) mass is 231 g/mol. The number of benzene rings is 1. The molecule has 1 saturated carbocycles. The lowest BCUT2D eigenvalue weighted by molar-refractivity contribution is 0.150. The highest BCUT2D eigenvalue weighted by Crippen LogP contribution is 2.38. The summed E-state index contributed by atoms with van der Waals surface area (Å²) >= 11 is 0. The van der Waals surface area contributed by atoms with Crippen molar-refractivity contribution in [3.05, 3.63) is 35.4 Å². The van der Waals surface area contributed by atoms with Crippen LogP contribution in [0.4, 0.5) is 0 Å². The van der Waals surface area contributed by atoms with Gasteiger partial charge < -0.3 is 5.11 Å². The van der Waals surface area contributed by atoms with Crippen LogP contribution in [0.2, 0.25) is 0 Å². The Bertz CT molecular complexity index is 392. The Morgan fingerprint density at radius 3 is 2.35 bits per heavy atom. The van der Waals surface area contributed by atoms with Gasteiger partial charge in [0.15, 0.2) is 0 Å². The van der Waals surface area contributed by atoms with E-state index in [9.17, 15) is 5.11 Å². The van der Waals surface area contributed by atoms with Crippen LogP contribution in [0.1, 0.15) is 36.8 Å². The van der Waals surface area contributed by atoms with Gasteiger partial charge in [0.1, 0.15) is 0 Å². The molecule has 0 spiro atoms. The van der Waals surface area contributed by atoms with Gasteiger partial charge in [-0.25, -0.2) is 0 Å². The maximum absolute atomic E-state index is 10.1. The summed E-state index contributed by atoms with van der Waals surface area (Å²) in [6.07, 6.45) is 5.48. The summed E-state index contributed by atoms with van der Waals surface area (Å²) in [6, 6.07) is 8.61. The molecular weight excluding hydrogens is 210 g/mol. The van der Waals surface area contributed by atoms with Gasteiger partial charge >= 0.3 is 0 Å². The van der Waals surface area contributed by atoms with Crippen molar-refractivity contribution in [3.8, 4) is 0 Å². The number of aliphatic hydroxyl groups is 1. The molecule has 1 aliphatic carbocycles. The predicted molar refractivity (Wildman–Crippen MR) is 68.8 cm³/mol. The molecule has 92 valence electrons. The summed E-state index contributed by atoms with van der Waals surface area (Å²) in [5, 5.41) is 10.1. The van der Waals surface area contributed by atoms with Gasteiger partial charge in [0.05, 0.1) is 5.60 Å². The van der Waals surface area contributed by atoms with Crippen molar-refractivity contribution >= 4 is 0 Å². The molecule has 2 heteroatoms. The highest BCUT2D eigenvalue weighted by atomic mass is 16.3. The summed E-state index contributed by atoms with van der Waals surface area (Å²) < 4.78 is 0. The Morgan fingerprint density at radius 1 is 1.06 bits per heavy atom. The standard InChI is InChI=1S/C15H21NO/c17-15(7-8-15)11-13-5-1-2-6-14(13)12-16-9-3-4-10-16/h1-2,5-6,17H,3-4,7-12H2. The van der Waals surface area contributed by atoms with E-state index in [1.165, 1.54) is 37.1 Å². The van der Waals surface area contributed by atoms with E-state index in [0.29, 0.717) is 0 Å². The van der Waals surface area contributed by atoms with E-state index in [0.717, 1.165) is 25.8 Å². The maximum Gasteiger partial charge on any atom is 0.0690 e. The molecule has 0 atom stereocenters. The van der Waals surface area contributed by atoms with Gasteiger partial charge in [0.25, 0.3) is 0 Å². The van der Waals surface area contributed by atoms with Crippen LogP contribution in [0.15, 0.2) is 24.3 Å². The molecule has 1 saturated heterocycles. The molecule has 0 radical (unpaired) electrons. The van der Waals surface area contributed by atoms with Crippen LogP contribution >= 0.6 is 0 Å². The van der Waals surface area contributed by atoms with E-state index in [1.807, 2.05) is 0 Å². The lowest BCUT2D eigenvalue weighted by atomic mass is 10.00. The van der Waals surface area contributed by atoms with E-state index in [2.05, 4.69) is 29.2 Å². The summed E-state index contributed by atoms with van der Waals surface area (Å²) in [7, 11) is 0. The van der Waals surface area contributed by atoms with Crippen molar-refractivity contribution in [2.24, 2.45) is 0 Å². The van der Waals surface area contributed by atoms with Crippen molar-refractivity contribution in [2.75, 3.05) is 13.1 Å². The zero-order chi connectivity index (χ0) is 11.7. The molecule has 1 N–H and O–H groups in total. The van der Waals surface area contributed by atoms with Gasteiger partial charge in [0.2, 0.25) is 0 Å². The first kappa shape index (κ1) is 11.2. The molecule has 1 aromatic carbocycles. The quantitative estimate of drug-likeness (QED) is 0.860. The van der Waals surface area contributed by atoms with Gasteiger partial charge in [-0.3, -0.25) is 4.90 Å². The Kier molecular flexibility index (Phi) is 2.93. The summed E-state index contributed by atoms with van der Waals surface area (Å²) in [5.41, 5.74) is 2.38. The first-order chi connectivity index (χ1) is 8.25. The average Bonchev–Trinajstić information content (AvgIpc) is 2.85. The fourth-order valence-corrected chi connectivity index (χ4v) is 2.74. The second-order valence-electron chi connectivity index (χ2n) is 5.65. The molecule has 2 nitrogen and oxygen atoms in total. The number of nitrogens with zero attached hydrogens (tertiary/aromatic N) is 1. The van der Waals surface area contributed by atoms with Crippen LogP contribution in [0, 0.1) is 0 Å². The van der Waals surface area contributed by atoms with Gasteiger partial charge in [-0.2, -0.15) is 0 Å². The van der Waals surface area contributed by atoms with Crippen molar-refractivity contribution in [2.45, 2.75) is 44.2 Å². The predicted octanol–water partition coefficient (Wildman–Crippen LogP) is 2.35. The summed E-state index contributed by atoms with van der Waals surface area (Å²) in [4.78, 5) is 2.52. The van der Waals surface area contributed by atoms with Crippen molar-refractivity contribution < 1.29 is 5.11 Å². The molecule has 0 bridgehead atoms. The number of hydrogen-bond donors (Lipinski definition) is 1. The average molecular weight is 231 g/mol. The topological polar surface area (TPSA) is 23.5 Å². The molecule has 3 rings (SSSR count). The Morgan fingerprint density at radius 2 is 1.71 bits per heavy atom. The minimum Gasteiger partial charge on any atom is -0.390 e. The zero-order valence-corrected chi connectivity index (χ0v) is 10.4.